The van der Waals surface area contributed by atoms with E-state index >= 15 is 0 Å². The average molecular weight is 323 g/mol. The minimum absolute atomic E-state index is 0.116. The smallest absolute Gasteiger partial charge is 0.337 e. The molecule has 5 rings (SSSR count). The van der Waals surface area contributed by atoms with E-state index in [2.05, 4.69) is 12.2 Å². The maximum absolute atomic E-state index is 13.0. The molecule has 1 aromatic carbocycles. The summed E-state index contributed by atoms with van der Waals surface area (Å²) in [6, 6.07) is 6.55. The van der Waals surface area contributed by atoms with Gasteiger partial charge in [-0.25, -0.2) is 9.69 Å². The maximum Gasteiger partial charge on any atom is 0.337 e. The lowest BCUT2D eigenvalue weighted by atomic mass is 9.85. The Kier molecular flexibility index (Phi) is 2.53. The van der Waals surface area contributed by atoms with Crippen LogP contribution in [0.2, 0.25) is 0 Å². The topological polar surface area (TPSA) is 63.7 Å². The first-order valence-corrected chi connectivity index (χ1v) is 8.33. The molecular formula is C19H17NO4. The number of amides is 2. The Morgan fingerprint density at radius 1 is 1.12 bits per heavy atom. The number of carbonyl (C=O) groups is 3. The number of hydrogen-bond donors (Lipinski definition) is 0. The first-order chi connectivity index (χ1) is 11.6. The summed E-state index contributed by atoms with van der Waals surface area (Å²) in [4.78, 5) is 39.0. The van der Waals surface area contributed by atoms with Crippen molar-refractivity contribution < 1.29 is 19.1 Å². The summed E-state index contributed by atoms with van der Waals surface area (Å²) >= 11 is 0. The molecule has 24 heavy (non-hydrogen) atoms. The molecule has 2 saturated carbocycles. The van der Waals surface area contributed by atoms with Gasteiger partial charge in [0.25, 0.3) is 0 Å². The maximum atomic E-state index is 13.0. The molecule has 1 aliphatic heterocycles. The van der Waals surface area contributed by atoms with Crippen molar-refractivity contribution in [3.63, 3.8) is 0 Å². The summed E-state index contributed by atoms with van der Waals surface area (Å²) in [5, 5.41) is 0. The number of methoxy groups -OCH3 is 1. The zero-order valence-electron chi connectivity index (χ0n) is 13.3. The summed E-state index contributed by atoms with van der Waals surface area (Å²) in [7, 11) is 1.31. The second-order valence-electron chi connectivity index (χ2n) is 7.27. The lowest BCUT2D eigenvalue weighted by Gasteiger charge is -2.22. The van der Waals surface area contributed by atoms with Crippen LogP contribution in [0.5, 0.6) is 0 Å². The molecule has 0 radical (unpaired) electrons. The van der Waals surface area contributed by atoms with E-state index in [9.17, 15) is 14.4 Å². The minimum Gasteiger partial charge on any atom is -0.465 e. The molecule has 5 heteroatoms. The van der Waals surface area contributed by atoms with Crippen LogP contribution in [-0.4, -0.2) is 24.9 Å². The van der Waals surface area contributed by atoms with E-state index in [4.69, 9.17) is 4.74 Å². The number of hydrogen-bond acceptors (Lipinski definition) is 4. The lowest BCUT2D eigenvalue weighted by Crippen LogP contribution is -2.34. The number of fused-ring (bicyclic) bond motifs is 3. The van der Waals surface area contributed by atoms with E-state index in [0.717, 1.165) is 12.8 Å². The Bertz CT molecular complexity index is 788. The molecule has 2 amide bonds. The summed E-state index contributed by atoms with van der Waals surface area (Å²) in [5.41, 5.74) is 1.000. The van der Waals surface area contributed by atoms with Crippen LogP contribution in [-0.2, 0) is 14.3 Å². The van der Waals surface area contributed by atoms with Crippen LogP contribution in [0.15, 0.2) is 36.4 Å². The molecule has 4 atom stereocenters. The van der Waals surface area contributed by atoms with Crippen LogP contribution in [0.25, 0.3) is 0 Å². The van der Waals surface area contributed by atoms with Gasteiger partial charge in [0, 0.05) is 0 Å². The van der Waals surface area contributed by atoms with Crippen LogP contribution in [0.1, 0.15) is 23.2 Å². The second-order valence-corrected chi connectivity index (χ2v) is 7.27. The van der Waals surface area contributed by atoms with Gasteiger partial charge >= 0.3 is 5.97 Å². The molecule has 5 nitrogen and oxygen atoms in total. The molecule has 0 aromatic heterocycles. The van der Waals surface area contributed by atoms with Gasteiger partial charge in [0.05, 0.1) is 30.2 Å². The molecule has 122 valence electrons. The number of allylic oxidation sites excluding steroid dienone is 2. The van der Waals surface area contributed by atoms with Crippen molar-refractivity contribution in [2.75, 3.05) is 12.0 Å². The van der Waals surface area contributed by atoms with Crippen LogP contribution in [0.3, 0.4) is 0 Å². The normalized spacial score (nSPS) is 34.1. The predicted octanol–water partition coefficient (Wildman–Crippen LogP) is 2.17. The molecule has 0 N–H and O–H groups in total. The van der Waals surface area contributed by atoms with Gasteiger partial charge in [0.15, 0.2) is 0 Å². The quantitative estimate of drug-likeness (QED) is 0.475. The fraction of sp³-hybridized carbons (Fsp3) is 0.421. The van der Waals surface area contributed by atoms with Gasteiger partial charge in [-0.3, -0.25) is 9.59 Å². The first kappa shape index (κ1) is 14.0. The van der Waals surface area contributed by atoms with Gasteiger partial charge in [-0.15, -0.1) is 0 Å². The molecular weight excluding hydrogens is 306 g/mol. The molecule has 1 saturated heterocycles. The van der Waals surface area contributed by atoms with Crippen molar-refractivity contribution >= 4 is 23.5 Å². The third-order valence-electron chi connectivity index (χ3n) is 6.38. The SMILES string of the molecule is COC(=O)c1cccc(N2C(=O)[C@@H]3[C@@H](C2=O)[C@@H]2C=C[C@H]3C23CC3)c1. The number of nitrogens with zero attached hydrogens (tertiary/aromatic N) is 1. The largest absolute Gasteiger partial charge is 0.465 e. The number of imide groups is 1. The van der Waals surface area contributed by atoms with Crippen LogP contribution >= 0.6 is 0 Å². The van der Waals surface area contributed by atoms with Gasteiger partial charge in [-0.1, -0.05) is 18.2 Å². The minimum atomic E-state index is -0.477. The molecule has 0 unspecified atom stereocenters. The third kappa shape index (κ3) is 1.48. The van der Waals surface area contributed by atoms with Crippen molar-refractivity contribution in [1.29, 1.82) is 0 Å². The Morgan fingerprint density at radius 3 is 2.29 bits per heavy atom. The Labute approximate surface area is 139 Å². The third-order valence-corrected chi connectivity index (χ3v) is 6.38. The van der Waals surface area contributed by atoms with Crippen molar-refractivity contribution in [3.8, 4) is 0 Å². The summed E-state index contributed by atoms with van der Waals surface area (Å²) in [6.45, 7) is 0. The standard InChI is InChI=1S/C19H17NO4/c1-24-18(23)10-3-2-4-11(9-10)20-16(21)14-12-5-6-13(15(14)17(20)22)19(12)7-8-19/h2-6,9,12-15H,7-8H2,1H3/t12-,13+,14-,15-/m0/s1. The highest BCUT2D eigenvalue weighted by atomic mass is 16.5. The van der Waals surface area contributed by atoms with E-state index in [-0.39, 0.29) is 40.9 Å². The Balaban J connectivity index is 1.53. The Hall–Kier alpha value is -2.43. The average Bonchev–Trinajstić information content (AvgIpc) is 3.19. The highest BCUT2D eigenvalue weighted by Crippen LogP contribution is 2.73. The van der Waals surface area contributed by atoms with Crippen molar-refractivity contribution in [1.82, 2.24) is 0 Å². The number of ether oxygens (including phenoxy) is 1. The summed E-state index contributed by atoms with van der Waals surface area (Å²) in [5.74, 6) is -0.746. The predicted molar refractivity (Wildman–Crippen MR) is 85.0 cm³/mol. The summed E-state index contributed by atoms with van der Waals surface area (Å²) < 4.78 is 4.72. The molecule has 1 heterocycles. The van der Waals surface area contributed by atoms with Gasteiger partial charge in [-0.05, 0) is 48.3 Å². The number of benzene rings is 1. The van der Waals surface area contributed by atoms with E-state index in [1.807, 2.05) is 0 Å². The molecule has 3 fully saturated rings. The molecule has 1 aromatic rings. The lowest BCUT2D eigenvalue weighted by molar-refractivity contribution is -0.123. The number of esters is 1. The zero-order valence-corrected chi connectivity index (χ0v) is 13.3. The molecule has 1 spiro atoms. The van der Waals surface area contributed by atoms with Gasteiger partial charge in [-0.2, -0.15) is 0 Å². The first-order valence-electron chi connectivity index (χ1n) is 8.33. The van der Waals surface area contributed by atoms with Crippen molar-refractivity contribution in [3.05, 3.63) is 42.0 Å². The molecule has 3 aliphatic carbocycles. The van der Waals surface area contributed by atoms with Gasteiger partial charge < -0.3 is 4.74 Å². The van der Waals surface area contributed by atoms with Crippen molar-refractivity contribution in [2.24, 2.45) is 29.1 Å². The van der Waals surface area contributed by atoms with E-state index in [1.165, 1.54) is 12.0 Å². The van der Waals surface area contributed by atoms with E-state index in [1.54, 1.807) is 24.3 Å². The second kappa shape index (κ2) is 4.35. The van der Waals surface area contributed by atoms with E-state index < -0.39 is 5.97 Å². The fourth-order valence-electron chi connectivity index (χ4n) is 5.22. The van der Waals surface area contributed by atoms with Crippen molar-refractivity contribution in [2.45, 2.75) is 12.8 Å². The highest BCUT2D eigenvalue weighted by molar-refractivity contribution is 6.23. The molecule has 2 bridgehead atoms. The highest BCUT2D eigenvalue weighted by Gasteiger charge is 2.73. The van der Waals surface area contributed by atoms with Gasteiger partial charge in [0.1, 0.15) is 0 Å². The Morgan fingerprint density at radius 2 is 1.75 bits per heavy atom. The van der Waals surface area contributed by atoms with Crippen LogP contribution < -0.4 is 4.90 Å². The monoisotopic (exact) mass is 323 g/mol. The van der Waals surface area contributed by atoms with Gasteiger partial charge in [0.2, 0.25) is 11.8 Å². The number of carbonyl (C=O) groups excluding carboxylic acids is 3. The van der Waals surface area contributed by atoms with Crippen LogP contribution in [0, 0.1) is 29.1 Å². The fourth-order valence-corrected chi connectivity index (χ4v) is 5.22. The molecule has 4 aliphatic rings. The summed E-state index contributed by atoms with van der Waals surface area (Å²) in [6.07, 6.45) is 6.55. The van der Waals surface area contributed by atoms with E-state index in [0.29, 0.717) is 11.3 Å². The zero-order chi connectivity index (χ0) is 16.6. The number of rotatable bonds is 2. The van der Waals surface area contributed by atoms with Crippen LogP contribution in [0.4, 0.5) is 5.69 Å². The number of anilines is 1.